The Labute approximate surface area is 84.7 Å². The third-order valence-electron chi connectivity index (χ3n) is 1.84. The Balaban J connectivity index is 2.42. The summed E-state index contributed by atoms with van der Waals surface area (Å²) in [6, 6.07) is 1.79. The van der Waals surface area contributed by atoms with Gasteiger partial charge in [0.05, 0.1) is 6.61 Å². The highest BCUT2D eigenvalue weighted by Crippen LogP contribution is 2.11. The van der Waals surface area contributed by atoms with Gasteiger partial charge in [-0.1, -0.05) is 13.8 Å². The second-order valence-corrected chi connectivity index (χ2v) is 3.52. The number of anilines is 1. The summed E-state index contributed by atoms with van der Waals surface area (Å²) in [6.07, 6.45) is 2.54. The molecule has 4 heteroatoms. The molecule has 0 aliphatic carbocycles. The monoisotopic (exact) mass is 195 g/mol. The summed E-state index contributed by atoms with van der Waals surface area (Å²) in [6.45, 7) is 5.04. The number of aromatic nitrogens is 2. The number of nitrogens with zero attached hydrogens (tertiary/aromatic N) is 2. The largest absolute Gasteiger partial charge is 0.478 e. The molecule has 14 heavy (non-hydrogen) atoms. The Morgan fingerprint density at radius 3 is 2.86 bits per heavy atom. The van der Waals surface area contributed by atoms with Gasteiger partial charge in [-0.15, -0.1) is 0 Å². The van der Waals surface area contributed by atoms with Gasteiger partial charge < -0.3 is 10.1 Å². The molecule has 0 amide bonds. The highest BCUT2D eigenvalue weighted by Gasteiger charge is 1.99. The maximum Gasteiger partial charge on any atom is 0.218 e. The minimum Gasteiger partial charge on any atom is -0.478 e. The van der Waals surface area contributed by atoms with E-state index in [1.807, 2.05) is 7.05 Å². The highest BCUT2D eigenvalue weighted by molar-refractivity contribution is 5.35. The molecule has 4 nitrogen and oxygen atoms in total. The Kier molecular flexibility index (Phi) is 4.16. The first-order chi connectivity index (χ1) is 6.72. The van der Waals surface area contributed by atoms with Crippen LogP contribution in [0.4, 0.5) is 5.82 Å². The topological polar surface area (TPSA) is 47.0 Å². The Morgan fingerprint density at radius 1 is 1.43 bits per heavy atom. The molecule has 0 bridgehead atoms. The van der Waals surface area contributed by atoms with Crippen molar-refractivity contribution in [1.29, 1.82) is 0 Å². The molecule has 1 aromatic rings. The first kappa shape index (κ1) is 10.8. The lowest BCUT2D eigenvalue weighted by molar-refractivity contribution is 0.279. The van der Waals surface area contributed by atoms with Gasteiger partial charge in [0.1, 0.15) is 12.1 Å². The van der Waals surface area contributed by atoms with E-state index in [2.05, 4.69) is 29.1 Å². The minimum absolute atomic E-state index is 0.630. The molecule has 0 aromatic carbocycles. The summed E-state index contributed by atoms with van der Waals surface area (Å²) in [5, 5.41) is 2.94. The first-order valence-electron chi connectivity index (χ1n) is 4.85. The highest BCUT2D eigenvalue weighted by atomic mass is 16.5. The molecule has 0 spiro atoms. The first-order valence-corrected chi connectivity index (χ1v) is 4.85. The van der Waals surface area contributed by atoms with Crippen molar-refractivity contribution in [3.8, 4) is 5.88 Å². The molecule has 0 atom stereocenters. The zero-order valence-electron chi connectivity index (χ0n) is 8.95. The molecule has 1 heterocycles. The third kappa shape index (κ3) is 3.60. The second-order valence-electron chi connectivity index (χ2n) is 3.52. The van der Waals surface area contributed by atoms with Crippen molar-refractivity contribution in [2.75, 3.05) is 19.0 Å². The van der Waals surface area contributed by atoms with Gasteiger partial charge in [0.15, 0.2) is 0 Å². The average molecular weight is 195 g/mol. The number of rotatable bonds is 5. The zero-order valence-corrected chi connectivity index (χ0v) is 8.95. The SMILES string of the molecule is CNc1cc(OCCC(C)C)ncn1. The van der Waals surface area contributed by atoms with Crippen molar-refractivity contribution >= 4 is 5.82 Å². The maximum absolute atomic E-state index is 5.47. The van der Waals surface area contributed by atoms with Crippen LogP contribution in [0.15, 0.2) is 12.4 Å². The predicted molar refractivity (Wildman–Crippen MR) is 56.5 cm³/mol. The smallest absolute Gasteiger partial charge is 0.218 e. The lowest BCUT2D eigenvalue weighted by atomic mass is 10.1. The van der Waals surface area contributed by atoms with E-state index >= 15 is 0 Å². The molecule has 0 saturated carbocycles. The van der Waals surface area contributed by atoms with Crippen LogP contribution in [0.2, 0.25) is 0 Å². The van der Waals surface area contributed by atoms with Gasteiger partial charge in [-0.3, -0.25) is 0 Å². The predicted octanol–water partition coefficient (Wildman–Crippen LogP) is 1.94. The number of ether oxygens (including phenoxy) is 1. The van der Waals surface area contributed by atoms with Crippen LogP contribution in [0.5, 0.6) is 5.88 Å². The van der Waals surface area contributed by atoms with Crippen molar-refractivity contribution in [1.82, 2.24) is 9.97 Å². The number of nitrogens with one attached hydrogen (secondary N) is 1. The van der Waals surface area contributed by atoms with Gasteiger partial charge in [-0.25, -0.2) is 9.97 Å². The molecular formula is C10H17N3O. The van der Waals surface area contributed by atoms with Crippen LogP contribution in [-0.4, -0.2) is 23.6 Å². The molecule has 1 rings (SSSR count). The number of hydrogen-bond donors (Lipinski definition) is 1. The molecule has 0 saturated heterocycles. The van der Waals surface area contributed by atoms with Crippen LogP contribution < -0.4 is 10.1 Å². The van der Waals surface area contributed by atoms with E-state index in [0.29, 0.717) is 18.4 Å². The fourth-order valence-electron chi connectivity index (χ4n) is 0.954. The molecular weight excluding hydrogens is 178 g/mol. The van der Waals surface area contributed by atoms with E-state index in [9.17, 15) is 0 Å². The van der Waals surface area contributed by atoms with Crippen LogP contribution in [-0.2, 0) is 0 Å². The molecule has 0 unspecified atom stereocenters. The fraction of sp³-hybridized carbons (Fsp3) is 0.600. The molecule has 78 valence electrons. The van der Waals surface area contributed by atoms with Gasteiger partial charge >= 0.3 is 0 Å². The fourth-order valence-corrected chi connectivity index (χ4v) is 0.954. The molecule has 0 fully saturated rings. The minimum atomic E-state index is 0.630. The summed E-state index contributed by atoms with van der Waals surface area (Å²) >= 11 is 0. The molecule has 1 aromatic heterocycles. The normalized spacial score (nSPS) is 10.3. The van der Waals surface area contributed by atoms with E-state index < -0.39 is 0 Å². The van der Waals surface area contributed by atoms with Crippen molar-refractivity contribution in [3.05, 3.63) is 12.4 Å². The summed E-state index contributed by atoms with van der Waals surface area (Å²) < 4.78 is 5.47. The van der Waals surface area contributed by atoms with E-state index in [-0.39, 0.29) is 0 Å². The van der Waals surface area contributed by atoms with Crippen LogP contribution in [0.1, 0.15) is 20.3 Å². The van der Waals surface area contributed by atoms with E-state index in [4.69, 9.17) is 4.74 Å². The lowest BCUT2D eigenvalue weighted by Gasteiger charge is -2.07. The van der Waals surface area contributed by atoms with Crippen molar-refractivity contribution in [2.24, 2.45) is 5.92 Å². The number of hydrogen-bond acceptors (Lipinski definition) is 4. The van der Waals surface area contributed by atoms with Gasteiger partial charge in [0.2, 0.25) is 5.88 Å². The van der Waals surface area contributed by atoms with Crippen LogP contribution in [0.3, 0.4) is 0 Å². The quantitative estimate of drug-likeness (QED) is 0.780. The van der Waals surface area contributed by atoms with Crippen molar-refractivity contribution in [2.45, 2.75) is 20.3 Å². The van der Waals surface area contributed by atoms with Crippen LogP contribution in [0.25, 0.3) is 0 Å². The Morgan fingerprint density at radius 2 is 2.21 bits per heavy atom. The van der Waals surface area contributed by atoms with E-state index in [1.165, 1.54) is 6.33 Å². The zero-order chi connectivity index (χ0) is 10.4. The second kappa shape index (κ2) is 5.42. The van der Waals surface area contributed by atoms with Gasteiger partial charge in [0.25, 0.3) is 0 Å². The van der Waals surface area contributed by atoms with Crippen LogP contribution in [0, 0.1) is 5.92 Å². The lowest BCUT2D eigenvalue weighted by Crippen LogP contribution is -2.03. The average Bonchev–Trinajstić information content (AvgIpc) is 2.18. The molecule has 0 radical (unpaired) electrons. The maximum atomic E-state index is 5.47. The molecule has 0 aliphatic heterocycles. The van der Waals surface area contributed by atoms with E-state index in [1.54, 1.807) is 6.07 Å². The molecule has 0 aliphatic rings. The summed E-state index contributed by atoms with van der Waals surface area (Å²) in [4.78, 5) is 8.01. The van der Waals surface area contributed by atoms with E-state index in [0.717, 1.165) is 12.2 Å². The van der Waals surface area contributed by atoms with Crippen molar-refractivity contribution in [3.63, 3.8) is 0 Å². The van der Waals surface area contributed by atoms with Crippen molar-refractivity contribution < 1.29 is 4.74 Å². The Hall–Kier alpha value is -1.32. The Bertz CT molecular complexity index is 276. The summed E-state index contributed by atoms with van der Waals surface area (Å²) in [5.74, 6) is 2.06. The van der Waals surface area contributed by atoms with Gasteiger partial charge in [-0.2, -0.15) is 0 Å². The third-order valence-corrected chi connectivity index (χ3v) is 1.84. The summed E-state index contributed by atoms with van der Waals surface area (Å²) in [7, 11) is 1.82. The molecule has 1 N–H and O–H groups in total. The standard InChI is InChI=1S/C10H17N3O/c1-8(2)4-5-14-10-6-9(11-3)12-7-13-10/h6-8H,4-5H2,1-3H3,(H,11,12,13). The summed E-state index contributed by atoms with van der Waals surface area (Å²) in [5.41, 5.74) is 0. The van der Waals surface area contributed by atoms with Gasteiger partial charge in [0, 0.05) is 13.1 Å². The van der Waals surface area contributed by atoms with Gasteiger partial charge in [-0.05, 0) is 12.3 Å². The van der Waals surface area contributed by atoms with Crippen LogP contribution >= 0.6 is 0 Å².